The molecular weight excluding hydrogens is 866 g/mol. The molecule has 0 bridgehead atoms. The largest absolute Gasteiger partial charge is 2.00 e. The number of hydrogen-bond acceptors (Lipinski definition) is 4. The van der Waals surface area contributed by atoms with Crippen LogP contribution in [0.25, 0.3) is 0 Å². The van der Waals surface area contributed by atoms with Crippen molar-refractivity contribution in [3.63, 3.8) is 0 Å². The molecule has 0 aromatic heterocycles. The van der Waals surface area contributed by atoms with Crippen LogP contribution >= 0.6 is 0 Å². The summed E-state index contributed by atoms with van der Waals surface area (Å²) in [5.74, 6) is -107. The number of rotatable bonds is 12. The van der Waals surface area contributed by atoms with Crippen molar-refractivity contribution in [3.8, 4) is 0 Å². The fourth-order valence-corrected chi connectivity index (χ4v) is 2.19. The van der Waals surface area contributed by atoms with Crippen LogP contribution in [0.1, 0.15) is 0 Å². The molecular formula is C16CaF30O4. The summed E-state index contributed by atoms with van der Waals surface area (Å²) in [4.78, 5) is 19.2. The molecule has 0 unspecified atom stereocenters. The van der Waals surface area contributed by atoms with Crippen LogP contribution in [-0.4, -0.2) is 133 Å². The molecule has 300 valence electrons. The Balaban J connectivity index is -0.000000886. The van der Waals surface area contributed by atoms with Gasteiger partial charge >= 0.3 is 121 Å². The molecule has 0 amide bonds. The standard InChI is InChI=1S/2C8HF15O2.Ca/c2*9-2(10,1(24)25)3(11,12)4(13,14)5(15,16)6(17,18)7(19,20)8(21,22)23;/h2*(H,24,25);/q;;+2/p-2. The smallest absolute Gasteiger partial charge is 0.544 e. The first-order chi connectivity index (χ1) is 20.9. The van der Waals surface area contributed by atoms with Crippen molar-refractivity contribution in [2.24, 2.45) is 0 Å². The van der Waals surface area contributed by atoms with Gasteiger partial charge in [-0.05, 0) is 0 Å². The van der Waals surface area contributed by atoms with Gasteiger partial charge in [0.1, 0.15) is 11.9 Å². The van der Waals surface area contributed by atoms with E-state index in [1.807, 2.05) is 0 Å². The first-order valence-electron chi connectivity index (χ1n) is 9.99. The Labute approximate surface area is 284 Å². The first-order valence-corrected chi connectivity index (χ1v) is 9.99. The van der Waals surface area contributed by atoms with Gasteiger partial charge in [0.2, 0.25) is 0 Å². The molecule has 0 heterocycles. The number of alkyl halides is 30. The van der Waals surface area contributed by atoms with Gasteiger partial charge in [0.15, 0.2) is 0 Å². The molecule has 0 aliphatic rings. The molecule has 0 atom stereocenters. The molecule has 35 heteroatoms. The summed E-state index contributed by atoms with van der Waals surface area (Å²) < 4.78 is 372. The molecule has 0 aromatic rings. The van der Waals surface area contributed by atoms with Gasteiger partial charge in [-0.15, -0.1) is 0 Å². The van der Waals surface area contributed by atoms with Crippen LogP contribution in [0.4, 0.5) is 132 Å². The maximum Gasteiger partial charge on any atom is 2.00 e. The summed E-state index contributed by atoms with van der Waals surface area (Å²) in [6.07, 6.45) is -15.4. The van der Waals surface area contributed by atoms with E-state index >= 15 is 0 Å². The summed E-state index contributed by atoms with van der Waals surface area (Å²) in [5.41, 5.74) is 0. The maximum atomic E-state index is 12.8. The zero-order chi connectivity index (χ0) is 42.2. The third-order valence-electron chi connectivity index (χ3n) is 5.17. The van der Waals surface area contributed by atoms with Gasteiger partial charge < -0.3 is 19.8 Å². The first kappa shape index (κ1) is 53.5. The second-order valence-corrected chi connectivity index (χ2v) is 8.46. The number of carbonyl (C=O) groups excluding carboxylic acids is 2. The van der Waals surface area contributed by atoms with E-state index in [4.69, 9.17) is 0 Å². The second-order valence-electron chi connectivity index (χ2n) is 8.46. The van der Waals surface area contributed by atoms with Gasteiger partial charge in [-0.1, -0.05) is 0 Å². The molecule has 0 aliphatic heterocycles. The molecule has 0 aromatic carbocycles. The van der Waals surface area contributed by atoms with Crippen molar-refractivity contribution >= 4 is 49.7 Å². The molecule has 51 heavy (non-hydrogen) atoms. The summed E-state index contributed by atoms with van der Waals surface area (Å²) in [6.45, 7) is 0. The molecule has 0 spiro atoms. The Hall–Kier alpha value is -1.90. The molecule has 0 fully saturated rings. The van der Waals surface area contributed by atoms with Crippen molar-refractivity contribution < 1.29 is 152 Å². The van der Waals surface area contributed by atoms with Crippen LogP contribution < -0.4 is 10.2 Å². The zero-order valence-corrected chi connectivity index (χ0v) is 23.9. The quantitative estimate of drug-likeness (QED) is 0.183. The Morgan fingerprint density at radius 1 is 0.255 bits per heavy atom. The van der Waals surface area contributed by atoms with Gasteiger partial charge in [0, 0.05) is 0 Å². The minimum absolute atomic E-state index is 0. The number of halogens is 30. The predicted molar refractivity (Wildman–Crippen MR) is 87.2 cm³/mol. The average molecular weight is 866 g/mol. The van der Waals surface area contributed by atoms with Crippen molar-refractivity contribution in [1.29, 1.82) is 0 Å². The van der Waals surface area contributed by atoms with Crippen molar-refractivity contribution in [2.45, 2.75) is 83.4 Å². The number of hydrogen-bond donors (Lipinski definition) is 0. The third kappa shape index (κ3) is 7.33. The Bertz CT molecular complexity index is 1160. The number of carboxylic acids is 2. The zero-order valence-electron chi connectivity index (χ0n) is 21.7. The number of carboxylic acid groups (broad SMARTS) is 2. The van der Waals surface area contributed by atoms with Crippen LogP contribution in [0.2, 0.25) is 0 Å². The van der Waals surface area contributed by atoms with E-state index in [1.165, 1.54) is 0 Å². The van der Waals surface area contributed by atoms with Gasteiger partial charge in [0.05, 0.1) is 0 Å². The minimum atomic E-state index is -8.50. The third-order valence-corrected chi connectivity index (χ3v) is 5.17. The maximum absolute atomic E-state index is 12.8. The molecule has 0 rings (SSSR count). The Morgan fingerprint density at radius 3 is 0.490 bits per heavy atom. The molecule has 0 saturated heterocycles. The van der Waals surface area contributed by atoms with Gasteiger partial charge in [-0.3, -0.25) is 0 Å². The van der Waals surface area contributed by atoms with Crippen LogP contribution in [0.15, 0.2) is 0 Å². The molecule has 0 saturated carbocycles. The van der Waals surface area contributed by atoms with Crippen molar-refractivity contribution in [2.75, 3.05) is 0 Å². The summed E-state index contributed by atoms with van der Waals surface area (Å²) in [7, 11) is 0. The van der Waals surface area contributed by atoms with Gasteiger partial charge in [-0.2, -0.15) is 132 Å². The SMILES string of the molecule is O=C([O-])C(F)(F)C(F)(F)C(F)(F)C(F)(F)C(F)(F)C(F)(F)C(F)(F)F.O=C([O-])C(F)(F)C(F)(F)C(F)(F)C(F)(F)C(F)(F)C(F)(F)C(F)(F)F.[Ca+2]. The van der Waals surface area contributed by atoms with E-state index < -0.39 is 95.4 Å². The number of aliphatic carboxylic acids is 2. The van der Waals surface area contributed by atoms with E-state index in [9.17, 15) is 152 Å². The van der Waals surface area contributed by atoms with Crippen LogP contribution in [0, 0.1) is 0 Å². The van der Waals surface area contributed by atoms with Gasteiger partial charge in [-0.25, -0.2) is 0 Å². The summed E-state index contributed by atoms with van der Waals surface area (Å²) in [6, 6.07) is 0. The Morgan fingerprint density at radius 2 is 0.373 bits per heavy atom. The normalized spacial score (nSPS) is 15.8. The van der Waals surface area contributed by atoms with E-state index in [2.05, 4.69) is 0 Å². The van der Waals surface area contributed by atoms with Gasteiger partial charge in [0.25, 0.3) is 0 Å². The van der Waals surface area contributed by atoms with Crippen LogP contribution in [-0.2, 0) is 9.59 Å². The molecule has 0 radical (unpaired) electrons. The summed E-state index contributed by atoms with van der Waals surface area (Å²) >= 11 is 0. The predicted octanol–water partition coefficient (Wildman–Crippen LogP) is 5.84. The van der Waals surface area contributed by atoms with E-state index in [0.29, 0.717) is 0 Å². The van der Waals surface area contributed by atoms with Crippen molar-refractivity contribution in [3.05, 3.63) is 0 Å². The van der Waals surface area contributed by atoms with Crippen LogP contribution in [0.5, 0.6) is 0 Å². The fourth-order valence-electron chi connectivity index (χ4n) is 2.19. The van der Waals surface area contributed by atoms with E-state index in [1.54, 1.807) is 0 Å². The van der Waals surface area contributed by atoms with E-state index in [-0.39, 0.29) is 37.7 Å². The average Bonchev–Trinajstić information content (AvgIpc) is 2.86. The van der Waals surface area contributed by atoms with Crippen LogP contribution in [0.3, 0.4) is 0 Å². The summed E-state index contributed by atoms with van der Waals surface area (Å²) in [5, 5.41) is 19.2. The Kier molecular flexibility index (Phi) is 14.4. The minimum Gasteiger partial charge on any atom is -0.544 e. The molecule has 0 aliphatic carbocycles. The fraction of sp³-hybridized carbons (Fsp3) is 0.875. The monoisotopic (exact) mass is 866 g/mol. The molecule has 0 N–H and O–H groups in total. The topological polar surface area (TPSA) is 80.3 Å². The molecule has 4 nitrogen and oxygen atoms in total. The van der Waals surface area contributed by atoms with Crippen molar-refractivity contribution in [1.82, 2.24) is 0 Å². The number of carbonyl (C=O) groups is 2. The van der Waals surface area contributed by atoms with E-state index in [0.717, 1.165) is 0 Å². The second kappa shape index (κ2) is 13.7.